The number of rotatable bonds is 5. The van der Waals surface area contributed by atoms with E-state index >= 15 is 0 Å². The molecule has 0 amide bonds. The fourth-order valence-corrected chi connectivity index (χ4v) is 3.89. The number of piperidine rings is 1. The normalized spacial score (nSPS) is 30.1. The predicted molar refractivity (Wildman–Crippen MR) is 80.9 cm³/mol. The largest absolute Gasteiger partial charge is 0.481 e. The van der Waals surface area contributed by atoms with Gasteiger partial charge >= 0.3 is 5.97 Å². The lowest BCUT2D eigenvalue weighted by atomic mass is 9.92. The van der Waals surface area contributed by atoms with Crippen molar-refractivity contribution in [2.45, 2.75) is 57.9 Å². The number of hydrogen-bond donors (Lipinski definition) is 1. The molecule has 4 heteroatoms. The third-order valence-corrected chi connectivity index (χ3v) is 4.86. The van der Waals surface area contributed by atoms with Gasteiger partial charge in [0.05, 0.1) is 0 Å². The van der Waals surface area contributed by atoms with Crippen LogP contribution < -0.4 is 0 Å². The summed E-state index contributed by atoms with van der Waals surface area (Å²) in [5.74, 6) is -0.261. The summed E-state index contributed by atoms with van der Waals surface area (Å²) < 4.78 is 0. The van der Waals surface area contributed by atoms with E-state index in [-0.39, 0.29) is 0 Å². The van der Waals surface area contributed by atoms with Crippen molar-refractivity contribution in [1.82, 2.24) is 9.80 Å². The molecule has 0 radical (unpaired) electrons. The lowest BCUT2D eigenvalue weighted by molar-refractivity contribution is -0.138. The van der Waals surface area contributed by atoms with Crippen molar-refractivity contribution < 1.29 is 9.90 Å². The number of likely N-dealkylation sites (tertiary alicyclic amines) is 2. The van der Waals surface area contributed by atoms with E-state index in [4.69, 9.17) is 5.11 Å². The Bertz CT molecular complexity index is 309. The maximum atomic E-state index is 10.9. The van der Waals surface area contributed by atoms with Gasteiger partial charge in [0.25, 0.3) is 0 Å². The van der Waals surface area contributed by atoms with Gasteiger partial charge in [-0.2, -0.15) is 0 Å². The maximum absolute atomic E-state index is 10.9. The second kappa shape index (κ2) is 7.99. The molecule has 0 aliphatic carbocycles. The lowest BCUT2D eigenvalue weighted by Crippen LogP contribution is -2.43. The number of nitrogens with zero attached hydrogens (tertiary/aromatic N) is 2. The van der Waals surface area contributed by atoms with Crippen molar-refractivity contribution in [1.29, 1.82) is 0 Å². The van der Waals surface area contributed by atoms with E-state index < -0.39 is 5.97 Å². The molecule has 2 heterocycles. The number of hydrogen-bond acceptors (Lipinski definition) is 3. The van der Waals surface area contributed by atoms with Crippen molar-refractivity contribution in [3.63, 3.8) is 0 Å². The van der Waals surface area contributed by atoms with E-state index in [1.54, 1.807) is 0 Å². The molecular formula is C16H30N2O2. The van der Waals surface area contributed by atoms with E-state index in [0.717, 1.165) is 13.0 Å². The van der Waals surface area contributed by atoms with Gasteiger partial charge in [0.15, 0.2) is 0 Å². The molecule has 2 unspecified atom stereocenters. The van der Waals surface area contributed by atoms with Crippen LogP contribution in [-0.2, 0) is 4.79 Å². The molecule has 2 aliphatic rings. The third kappa shape index (κ3) is 4.74. The molecule has 2 saturated heterocycles. The molecule has 1 N–H and O–H groups in total. The summed E-state index contributed by atoms with van der Waals surface area (Å²) in [5.41, 5.74) is 0. The van der Waals surface area contributed by atoms with Crippen molar-refractivity contribution in [3.05, 3.63) is 0 Å². The highest BCUT2D eigenvalue weighted by Gasteiger charge is 2.28. The van der Waals surface area contributed by atoms with Crippen LogP contribution in [0, 0.1) is 5.92 Å². The lowest BCUT2D eigenvalue weighted by Gasteiger charge is -2.37. The standard InChI is InChI=1S/C16H30N2O2/c1-2-8-17-9-4-6-15(7-11-17)18-10-3-5-14(13-18)12-16(19)20/h14-15H,2-13H2,1H3,(H,19,20). The zero-order valence-electron chi connectivity index (χ0n) is 12.9. The average Bonchev–Trinajstić information content (AvgIpc) is 2.64. The Labute approximate surface area is 123 Å². The molecule has 0 bridgehead atoms. The van der Waals surface area contributed by atoms with Gasteiger partial charge in [0, 0.05) is 19.0 Å². The molecule has 0 aromatic carbocycles. The molecule has 0 aromatic heterocycles. The van der Waals surface area contributed by atoms with Crippen LogP contribution >= 0.6 is 0 Å². The third-order valence-electron chi connectivity index (χ3n) is 4.86. The molecule has 0 spiro atoms. The highest BCUT2D eigenvalue weighted by atomic mass is 16.4. The topological polar surface area (TPSA) is 43.8 Å². The van der Waals surface area contributed by atoms with Gasteiger partial charge in [-0.25, -0.2) is 0 Å². The SMILES string of the molecule is CCCN1CCCC(N2CCCC(CC(=O)O)C2)CC1. The van der Waals surface area contributed by atoms with Gasteiger partial charge in [-0.05, 0) is 70.6 Å². The Hall–Kier alpha value is -0.610. The molecule has 116 valence electrons. The van der Waals surface area contributed by atoms with Gasteiger partial charge in [-0.15, -0.1) is 0 Å². The summed E-state index contributed by atoms with van der Waals surface area (Å²) in [7, 11) is 0. The minimum Gasteiger partial charge on any atom is -0.481 e. The van der Waals surface area contributed by atoms with Crippen LogP contribution in [0.25, 0.3) is 0 Å². The number of aliphatic carboxylic acids is 1. The summed E-state index contributed by atoms with van der Waals surface area (Å²) in [6, 6.07) is 0.688. The smallest absolute Gasteiger partial charge is 0.303 e. The monoisotopic (exact) mass is 282 g/mol. The summed E-state index contributed by atoms with van der Waals surface area (Å²) >= 11 is 0. The van der Waals surface area contributed by atoms with E-state index in [1.165, 1.54) is 58.3 Å². The fourth-order valence-electron chi connectivity index (χ4n) is 3.89. The summed E-state index contributed by atoms with van der Waals surface area (Å²) in [5, 5.41) is 8.98. The van der Waals surface area contributed by atoms with Crippen LogP contribution in [0.4, 0.5) is 0 Å². The van der Waals surface area contributed by atoms with Crippen LogP contribution in [0.2, 0.25) is 0 Å². The van der Waals surface area contributed by atoms with E-state index in [9.17, 15) is 4.79 Å². The van der Waals surface area contributed by atoms with Crippen LogP contribution in [0.1, 0.15) is 51.9 Å². The predicted octanol–water partition coefficient (Wildman–Crippen LogP) is 2.44. The second-order valence-electron chi connectivity index (χ2n) is 6.53. The summed E-state index contributed by atoms with van der Waals surface area (Å²) in [6.45, 7) is 8.13. The first-order valence-corrected chi connectivity index (χ1v) is 8.37. The van der Waals surface area contributed by atoms with Crippen molar-refractivity contribution >= 4 is 5.97 Å². The van der Waals surface area contributed by atoms with Crippen molar-refractivity contribution in [2.75, 3.05) is 32.7 Å². The average molecular weight is 282 g/mol. The quantitative estimate of drug-likeness (QED) is 0.841. The molecule has 2 atom stereocenters. The van der Waals surface area contributed by atoms with Gasteiger partial charge < -0.3 is 14.9 Å². The maximum Gasteiger partial charge on any atom is 0.303 e. The molecule has 2 fully saturated rings. The first-order chi connectivity index (χ1) is 9.69. The van der Waals surface area contributed by atoms with Gasteiger partial charge in [0.2, 0.25) is 0 Å². The zero-order valence-corrected chi connectivity index (χ0v) is 12.9. The fraction of sp³-hybridized carbons (Fsp3) is 0.938. The molecule has 20 heavy (non-hydrogen) atoms. The van der Waals surface area contributed by atoms with Crippen LogP contribution in [0.15, 0.2) is 0 Å². The Morgan fingerprint density at radius 1 is 1.15 bits per heavy atom. The van der Waals surface area contributed by atoms with Gasteiger partial charge in [-0.1, -0.05) is 6.92 Å². The minimum absolute atomic E-state index is 0.352. The Balaban J connectivity index is 1.82. The highest BCUT2D eigenvalue weighted by molar-refractivity contribution is 5.67. The minimum atomic E-state index is -0.633. The summed E-state index contributed by atoms with van der Waals surface area (Å²) in [4.78, 5) is 16.1. The first-order valence-electron chi connectivity index (χ1n) is 8.37. The number of carboxylic acid groups (broad SMARTS) is 1. The molecule has 0 aromatic rings. The second-order valence-corrected chi connectivity index (χ2v) is 6.53. The Kier molecular flexibility index (Phi) is 6.30. The van der Waals surface area contributed by atoms with Crippen molar-refractivity contribution in [2.24, 2.45) is 5.92 Å². The Morgan fingerprint density at radius 2 is 1.95 bits per heavy atom. The van der Waals surface area contributed by atoms with Gasteiger partial charge in [0.1, 0.15) is 0 Å². The van der Waals surface area contributed by atoms with Crippen LogP contribution in [-0.4, -0.2) is 59.6 Å². The number of carbonyl (C=O) groups is 1. The van der Waals surface area contributed by atoms with E-state index in [2.05, 4.69) is 16.7 Å². The first kappa shape index (κ1) is 15.8. The van der Waals surface area contributed by atoms with Crippen molar-refractivity contribution in [3.8, 4) is 0 Å². The summed E-state index contributed by atoms with van der Waals surface area (Å²) in [6.07, 6.45) is 7.72. The molecule has 2 aliphatic heterocycles. The Morgan fingerprint density at radius 3 is 2.70 bits per heavy atom. The van der Waals surface area contributed by atoms with E-state index in [0.29, 0.717) is 18.4 Å². The zero-order chi connectivity index (χ0) is 14.4. The molecule has 2 rings (SSSR count). The molecule has 0 saturated carbocycles. The molecular weight excluding hydrogens is 252 g/mol. The van der Waals surface area contributed by atoms with E-state index in [1.807, 2.05) is 0 Å². The number of carboxylic acids is 1. The van der Waals surface area contributed by atoms with Crippen LogP contribution in [0.3, 0.4) is 0 Å². The molecule has 4 nitrogen and oxygen atoms in total. The highest BCUT2D eigenvalue weighted by Crippen LogP contribution is 2.25. The van der Waals surface area contributed by atoms with Crippen LogP contribution in [0.5, 0.6) is 0 Å². The van der Waals surface area contributed by atoms with Gasteiger partial charge in [-0.3, -0.25) is 4.79 Å².